The Hall–Kier alpha value is -1.30. The van der Waals surface area contributed by atoms with E-state index in [0.29, 0.717) is 36.9 Å². The molecule has 0 saturated heterocycles. The summed E-state index contributed by atoms with van der Waals surface area (Å²) in [5.41, 5.74) is 1.70. The van der Waals surface area contributed by atoms with Gasteiger partial charge in [0.2, 0.25) is 0 Å². The number of halogens is 3. The highest BCUT2D eigenvalue weighted by molar-refractivity contribution is 9.10. The largest absolute Gasteiger partial charge is 0.505 e. The maximum absolute atomic E-state index is 9.61. The standard InChI is InChI=1S/C17H18BrCl2NO3/c1-3-23-15-5-10(12(18)8-16(15)24-4-2)9-21-11-6-13(19)17(22)14(20)7-11/h5-8,21-22H,3-4,9H2,1-2H3. The normalized spacial score (nSPS) is 10.5. The van der Waals surface area contributed by atoms with Crippen LogP contribution >= 0.6 is 39.1 Å². The summed E-state index contributed by atoms with van der Waals surface area (Å²) in [6, 6.07) is 7.06. The molecule has 0 bridgehead atoms. The average Bonchev–Trinajstić information content (AvgIpc) is 2.54. The van der Waals surface area contributed by atoms with E-state index in [-0.39, 0.29) is 15.8 Å². The molecule has 0 radical (unpaired) electrons. The molecule has 7 heteroatoms. The van der Waals surface area contributed by atoms with Crippen molar-refractivity contribution in [3.8, 4) is 17.2 Å². The van der Waals surface area contributed by atoms with Crippen molar-refractivity contribution >= 4 is 44.8 Å². The summed E-state index contributed by atoms with van der Waals surface area (Å²) in [5.74, 6) is 1.27. The number of rotatable bonds is 7. The van der Waals surface area contributed by atoms with Crippen LogP contribution in [0.2, 0.25) is 10.0 Å². The number of aromatic hydroxyl groups is 1. The molecule has 0 aromatic heterocycles. The van der Waals surface area contributed by atoms with E-state index in [2.05, 4.69) is 21.2 Å². The fourth-order valence-electron chi connectivity index (χ4n) is 2.11. The SMILES string of the molecule is CCOc1cc(Br)c(CNc2cc(Cl)c(O)c(Cl)c2)cc1OCC. The first kappa shape index (κ1) is 19.0. The summed E-state index contributed by atoms with van der Waals surface area (Å²) in [4.78, 5) is 0. The summed E-state index contributed by atoms with van der Waals surface area (Å²) in [6.45, 7) is 5.49. The van der Waals surface area contributed by atoms with Crippen LogP contribution in [0.15, 0.2) is 28.7 Å². The van der Waals surface area contributed by atoms with Gasteiger partial charge >= 0.3 is 0 Å². The second-order valence-corrected chi connectivity index (χ2v) is 6.57. The minimum atomic E-state index is -0.121. The van der Waals surface area contributed by atoms with Crippen LogP contribution in [0.4, 0.5) is 5.69 Å². The Balaban J connectivity index is 2.21. The highest BCUT2D eigenvalue weighted by Crippen LogP contribution is 2.36. The molecule has 0 fully saturated rings. The first-order valence-corrected chi connectivity index (χ1v) is 9.01. The van der Waals surface area contributed by atoms with Crippen molar-refractivity contribution in [3.05, 3.63) is 44.3 Å². The molecule has 0 aliphatic heterocycles. The van der Waals surface area contributed by atoms with Crippen LogP contribution in [0.5, 0.6) is 17.2 Å². The van der Waals surface area contributed by atoms with E-state index in [9.17, 15) is 5.11 Å². The van der Waals surface area contributed by atoms with Gasteiger partial charge < -0.3 is 19.9 Å². The number of anilines is 1. The third kappa shape index (κ3) is 4.62. The maximum atomic E-state index is 9.61. The Morgan fingerprint density at radius 1 is 1.00 bits per heavy atom. The number of ether oxygens (including phenoxy) is 2. The molecular weight excluding hydrogens is 417 g/mol. The topological polar surface area (TPSA) is 50.7 Å². The Kier molecular flexibility index (Phi) is 6.90. The predicted octanol–water partition coefficient (Wildman–Crippen LogP) is 5.87. The molecule has 0 unspecified atom stereocenters. The van der Waals surface area contributed by atoms with Gasteiger partial charge in [-0.2, -0.15) is 0 Å². The van der Waals surface area contributed by atoms with Crippen LogP contribution < -0.4 is 14.8 Å². The van der Waals surface area contributed by atoms with Crippen LogP contribution in [-0.2, 0) is 6.54 Å². The molecule has 4 nitrogen and oxygen atoms in total. The van der Waals surface area contributed by atoms with Crippen molar-refractivity contribution in [2.24, 2.45) is 0 Å². The van der Waals surface area contributed by atoms with Crippen molar-refractivity contribution < 1.29 is 14.6 Å². The Morgan fingerprint density at radius 2 is 1.54 bits per heavy atom. The minimum absolute atomic E-state index is 0.121. The van der Waals surface area contributed by atoms with Gasteiger partial charge in [-0.3, -0.25) is 0 Å². The van der Waals surface area contributed by atoms with E-state index in [4.69, 9.17) is 32.7 Å². The molecule has 2 N–H and O–H groups in total. The number of benzene rings is 2. The Morgan fingerprint density at radius 3 is 2.08 bits per heavy atom. The Bertz CT molecular complexity index is 702. The molecule has 24 heavy (non-hydrogen) atoms. The van der Waals surface area contributed by atoms with Crippen molar-refractivity contribution in [1.82, 2.24) is 0 Å². The van der Waals surface area contributed by atoms with Gasteiger partial charge in [0.1, 0.15) is 0 Å². The third-order valence-electron chi connectivity index (χ3n) is 3.21. The van der Waals surface area contributed by atoms with Crippen molar-refractivity contribution in [2.75, 3.05) is 18.5 Å². The van der Waals surface area contributed by atoms with E-state index >= 15 is 0 Å². The molecule has 0 heterocycles. The van der Waals surface area contributed by atoms with Crippen LogP contribution in [0, 0.1) is 0 Å². The quantitative estimate of drug-likeness (QED) is 0.535. The molecule has 2 aromatic carbocycles. The van der Waals surface area contributed by atoms with Crippen molar-refractivity contribution in [2.45, 2.75) is 20.4 Å². The highest BCUT2D eigenvalue weighted by Gasteiger charge is 2.12. The summed E-state index contributed by atoms with van der Waals surface area (Å²) in [6.07, 6.45) is 0. The molecule has 130 valence electrons. The van der Waals surface area contributed by atoms with Crippen LogP contribution in [0.1, 0.15) is 19.4 Å². The lowest BCUT2D eigenvalue weighted by Crippen LogP contribution is -2.04. The van der Waals surface area contributed by atoms with Gasteiger partial charge in [0, 0.05) is 16.7 Å². The molecule has 0 aliphatic carbocycles. The van der Waals surface area contributed by atoms with E-state index in [0.717, 1.165) is 10.0 Å². The molecular formula is C17H18BrCl2NO3. The van der Waals surface area contributed by atoms with E-state index in [1.54, 1.807) is 12.1 Å². The Labute approximate surface area is 159 Å². The first-order valence-electron chi connectivity index (χ1n) is 7.46. The summed E-state index contributed by atoms with van der Waals surface area (Å²) in [7, 11) is 0. The molecule has 0 spiro atoms. The average molecular weight is 435 g/mol. The van der Waals surface area contributed by atoms with Gasteiger partial charge in [0.05, 0.1) is 23.3 Å². The lowest BCUT2D eigenvalue weighted by atomic mass is 10.2. The van der Waals surface area contributed by atoms with E-state index in [1.807, 2.05) is 26.0 Å². The predicted molar refractivity (Wildman–Crippen MR) is 102 cm³/mol. The molecule has 0 amide bonds. The number of hydrogen-bond donors (Lipinski definition) is 2. The highest BCUT2D eigenvalue weighted by atomic mass is 79.9. The fourth-order valence-corrected chi connectivity index (χ4v) is 3.06. The first-order chi connectivity index (χ1) is 11.5. The van der Waals surface area contributed by atoms with Crippen LogP contribution in [0.25, 0.3) is 0 Å². The van der Waals surface area contributed by atoms with E-state index < -0.39 is 0 Å². The second kappa shape index (κ2) is 8.70. The van der Waals surface area contributed by atoms with Crippen LogP contribution in [0.3, 0.4) is 0 Å². The number of phenolic OH excluding ortho intramolecular Hbond substituents is 1. The molecule has 0 atom stereocenters. The van der Waals surface area contributed by atoms with Gasteiger partial charge in [-0.1, -0.05) is 39.1 Å². The second-order valence-electron chi connectivity index (χ2n) is 4.90. The zero-order valence-corrected chi connectivity index (χ0v) is 16.4. The van der Waals surface area contributed by atoms with E-state index in [1.165, 1.54) is 0 Å². The number of phenols is 1. The van der Waals surface area contributed by atoms with Crippen molar-refractivity contribution in [3.63, 3.8) is 0 Å². The zero-order valence-electron chi connectivity index (χ0n) is 13.3. The fraction of sp³-hybridized carbons (Fsp3) is 0.294. The monoisotopic (exact) mass is 433 g/mol. The number of hydrogen-bond acceptors (Lipinski definition) is 4. The van der Waals surface area contributed by atoms with Gasteiger partial charge in [-0.25, -0.2) is 0 Å². The lowest BCUT2D eigenvalue weighted by molar-refractivity contribution is 0.287. The van der Waals surface area contributed by atoms with Gasteiger partial charge in [0.15, 0.2) is 17.2 Å². The zero-order chi connectivity index (χ0) is 17.7. The van der Waals surface area contributed by atoms with Gasteiger partial charge in [0.25, 0.3) is 0 Å². The lowest BCUT2D eigenvalue weighted by Gasteiger charge is -2.15. The van der Waals surface area contributed by atoms with Crippen LogP contribution in [-0.4, -0.2) is 18.3 Å². The number of nitrogens with one attached hydrogen (secondary N) is 1. The maximum Gasteiger partial charge on any atom is 0.162 e. The molecule has 2 rings (SSSR count). The minimum Gasteiger partial charge on any atom is -0.505 e. The smallest absolute Gasteiger partial charge is 0.162 e. The molecule has 0 aliphatic rings. The summed E-state index contributed by atoms with van der Waals surface area (Å²) in [5, 5.41) is 13.2. The molecule has 2 aromatic rings. The molecule has 0 saturated carbocycles. The van der Waals surface area contributed by atoms with Gasteiger partial charge in [-0.05, 0) is 43.7 Å². The summed E-state index contributed by atoms with van der Waals surface area (Å²) < 4.78 is 12.1. The summed E-state index contributed by atoms with van der Waals surface area (Å²) >= 11 is 15.4. The van der Waals surface area contributed by atoms with Gasteiger partial charge in [-0.15, -0.1) is 0 Å². The third-order valence-corrected chi connectivity index (χ3v) is 4.53. The van der Waals surface area contributed by atoms with Crippen molar-refractivity contribution in [1.29, 1.82) is 0 Å².